The molecule has 0 unspecified atom stereocenters. The molecule has 0 radical (unpaired) electrons. The third-order valence-electron chi connectivity index (χ3n) is 4.32. The number of guanidine groups is 1. The summed E-state index contributed by atoms with van der Waals surface area (Å²) in [5, 5.41) is 6.27. The molecule has 2 rings (SSSR count). The van der Waals surface area contributed by atoms with Crippen LogP contribution in [0.25, 0.3) is 0 Å². The molecule has 0 bridgehead atoms. The van der Waals surface area contributed by atoms with Crippen molar-refractivity contribution in [3.05, 3.63) is 29.8 Å². The maximum Gasteiger partial charge on any atom is 0.243 e. The Hall–Kier alpha value is -0.950. The summed E-state index contributed by atoms with van der Waals surface area (Å²) in [6, 6.07) is 7.11. The van der Waals surface area contributed by atoms with Crippen molar-refractivity contribution in [3.63, 3.8) is 0 Å². The highest BCUT2D eigenvalue weighted by molar-refractivity contribution is 14.0. The Morgan fingerprint density at radius 1 is 1.19 bits per heavy atom. The van der Waals surface area contributed by atoms with Crippen LogP contribution in [-0.4, -0.2) is 84.1 Å². The van der Waals surface area contributed by atoms with Gasteiger partial charge in [0.05, 0.1) is 11.5 Å². The minimum absolute atomic E-state index is 0. The highest BCUT2D eigenvalue weighted by Gasteiger charge is 2.29. The number of piperazine rings is 1. The van der Waals surface area contributed by atoms with E-state index in [1.807, 2.05) is 19.2 Å². The van der Waals surface area contributed by atoms with Gasteiger partial charge in [0.1, 0.15) is 0 Å². The van der Waals surface area contributed by atoms with Crippen LogP contribution in [0.3, 0.4) is 0 Å². The molecular formula is C17H30IN5O3S. The van der Waals surface area contributed by atoms with E-state index in [1.54, 1.807) is 30.6 Å². The summed E-state index contributed by atoms with van der Waals surface area (Å²) in [5.74, 6) is 0.605. The molecule has 0 saturated carbocycles. The van der Waals surface area contributed by atoms with Crippen LogP contribution in [0.4, 0.5) is 0 Å². The molecule has 1 aliphatic rings. The summed E-state index contributed by atoms with van der Waals surface area (Å²) in [5.41, 5.74) is 0.723. The van der Waals surface area contributed by atoms with Crippen LogP contribution < -0.4 is 10.6 Å². The van der Waals surface area contributed by atoms with Gasteiger partial charge in [-0.15, -0.1) is 24.0 Å². The molecule has 27 heavy (non-hydrogen) atoms. The standard InChI is InChI=1S/C17H29N5O3S.HI/c1-18-17(19-8-13-25-3)20-14-15-6-4-5-7-16(15)26(23,24)22-11-9-21(2)10-12-22;/h4-7H,8-14H2,1-3H3,(H2,18,19,20);1H. The van der Waals surface area contributed by atoms with E-state index >= 15 is 0 Å². The van der Waals surface area contributed by atoms with E-state index in [2.05, 4.69) is 20.5 Å². The number of rotatable bonds is 7. The van der Waals surface area contributed by atoms with E-state index in [1.165, 1.54) is 0 Å². The van der Waals surface area contributed by atoms with Crippen molar-refractivity contribution in [2.45, 2.75) is 11.4 Å². The Kier molecular flexibility index (Phi) is 10.5. The Morgan fingerprint density at radius 3 is 2.48 bits per heavy atom. The number of benzene rings is 1. The van der Waals surface area contributed by atoms with Crippen LogP contribution in [0.2, 0.25) is 0 Å². The van der Waals surface area contributed by atoms with Gasteiger partial charge in [0.25, 0.3) is 0 Å². The number of nitrogens with one attached hydrogen (secondary N) is 2. The number of hydrogen-bond donors (Lipinski definition) is 2. The molecule has 1 aliphatic heterocycles. The summed E-state index contributed by atoms with van der Waals surface area (Å²) >= 11 is 0. The second-order valence-electron chi connectivity index (χ2n) is 6.16. The average molecular weight is 511 g/mol. The molecule has 154 valence electrons. The van der Waals surface area contributed by atoms with E-state index in [0.29, 0.717) is 43.6 Å². The van der Waals surface area contributed by atoms with Crippen LogP contribution >= 0.6 is 24.0 Å². The predicted molar refractivity (Wildman–Crippen MR) is 118 cm³/mol. The van der Waals surface area contributed by atoms with Crippen LogP contribution in [0.15, 0.2) is 34.2 Å². The van der Waals surface area contributed by atoms with Gasteiger partial charge in [-0.25, -0.2) is 8.42 Å². The van der Waals surface area contributed by atoms with Gasteiger partial charge in [0, 0.05) is 53.4 Å². The molecule has 0 aliphatic carbocycles. The predicted octanol–water partition coefficient (Wildman–Crippen LogP) is 0.552. The lowest BCUT2D eigenvalue weighted by Gasteiger charge is -2.32. The van der Waals surface area contributed by atoms with Gasteiger partial charge in [-0.1, -0.05) is 18.2 Å². The average Bonchev–Trinajstić information content (AvgIpc) is 2.65. The van der Waals surface area contributed by atoms with E-state index in [-0.39, 0.29) is 24.0 Å². The monoisotopic (exact) mass is 511 g/mol. The normalized spacial score (nSPS) is 16.6. The molecule has 0 aromatic heterocycles. The molecule has 0 amide bonds. The smallest absolute Gasteiger partial charge is 0.243 e. The zero-order valence-corrected chi connectivity index (χ0v) is 19.3. The molecule has 0 atom stereocenters. The van der Waals surface area contributed by atoms with Crippen molar-refractivity contribution in [2.75, 3.05) is 60.5 Å². The zero-order valence-electron chi connectivity index (χ0n) is 16.1. The number of sulfonamides is 1. The Morgan fingerprint density at radius 2 is 1.85 bits per heavy atom. The molecule has 8 nitrogen and oxygen atoms in total. The minimum Gasteiger partial charge on any atom is -0.383 e. The van der Waals surface area contributed by atoms with Gasteiger partial charge in [-0.3, -0.25) is 4.99 Å². The lowest BCUT2D eigenvalue weighted by molar-refractivity contribution is 0.203. The van der Waals surface area contributed by atoms with Crippen molar-refractivity contribution in [2.24, 2.45) is 4.99 Å². The van der Waals surface area contributed by atoms with Gasteiger partial charge in [-0.05, 0) is 18.7 Å². The minimum atomic E-state index is -3.51. The highest BCUT2D eigenvalue weighted by Crippen LogP contribution is 2.21. The molecule has 1 fully saturated rings. The van der Waals surface area contributed by atoms with E-state index in [9.17, 15) is 8.42 Å². The number of aliphatic imine (C=N–C) groups is 1. The first-order valence-electron chi connectivity index (χ1n) is 8.69. The fourth-order valence-corrected chi connectivity index (χ4v) is 4.38. The number of likely N-dealkylation sites (N-methyl/N-ethyl adjacent to an activating group) is 1. The summed E-state index contributed by atoms with van der Waals surface area (Å²) in [7, 11) is 1.81. The van der Waals surface area contributed by atoms with Gasteiger partial charge in [0.2, 0.25) is 10.0 Å². The Bertz CT molecular complexity index is 706. The summed E-state index contributed by atoms with van der Waals surface area (Å²) in [6.45, 7) is 4.08. The van der Waals surface area contributed by atoms with Crippen LogP contribution in [0.5, 0.6) is 0 Å². The third kappa shape index (κ3) is 6.86. The number of hydrogen-bond acceptors (Lipinski definition) is 5. The molecule has 1 heterocycles. The SMILES string of the molecule is CN=C(NCCOC)NCc1ccccc1S(=O)(=O)N1CCN(C)CC1.I. The first kappa shape index (κ1) is 24.1. The summed E-state index contributed by atoms with van der Waals surface area (Å²) in [6.07, 6.45) is 0. The Balaban J connectivity index is 0.00000364. The fraction of sp³-hybridized carbons (Fsp3) is 0.588. The van der Waals surface area contributed by atoms with Crippen molar-refractivity contribution in [1.82, 2.24) is 19.8 Å². The summed E-state index contributed by atoms with van der Waals surface area (Å²) < 4.78 is 32.7. The second kappa shape index (κ2) is 11.8. The molecule has 1 aromatic carbocycles. The van der Waals surface area contributed by atoms with Crippen molar-refractivity contribution < 1.29 is 13.2 Å². The van der Waals surface area contributed by atoms with Gasteiger partial charge in [-0.2, -0.15) is 4.31 Å². The number of nitrogens with zero attached hydrogens (tertiary/aromatic N) is 3. The van der Waals surface area contributed by atoms with Gasteiger partial charge < -0.3 is 20.3 Å². The molecular weight excluding hydrogens is 481 g/mol. The third-order valence-corrected chi connectivity index (χ3v) is 6.32. The van der Waals surface area contributed by atoms with E-state index in [4.69, 9.17) is 4.74 Å². The van der Waals surface area contributed by atoms with Crippen molar-refractivity contribution in [3.8, 4) is 0 Å². The summed E-state index contributed by atoms with van der Waals surface area (Å²) in [4.78, 5) is 6.62. The van der Waals surface area contributed by atoms with Crippen LogP contribution in [-0.2, 0) is 21.3 Å². The maximum atomic E-state index is 13.1. The molecule has 1 saturated heterocycles. The van der Waals surface area contributed by atoms with Gasteiger partial charge >= 0.3 is 0 Å². The number of halogens is 1. The topological polar surface area (TPSA) is 86.3 Å². The van der Waals surface area contributed by atoms with Crippen molar-refractivity contribution >= 4 is 40.0 Å². The second-order valence-corrected chi connectivity index (χ2v) is 8.07. The van der Waals surface area contributed by atoms with E-state index in [0.717, 1.165) is 18.7 Å². The lowest BCUT2D eigenvalue weighted by Crippen LogP contribution is -2.47. The molecule has 0 spiro atoms. The molecule has 2 N–H and O–H groups in total. The Labute approximate surface area is 179 Å². The van der Waals surface area contributed by atoms with Crippen LogP contribution in [0.1, 0.15) is 5.56 Å². The van der Waals surface area contributed by atoms with E-state index < -0.39 is 10.0 Å². The fourth-order valence-electron chi connectivity index (χ4n) is 2.74. The van der Waals surface area contributed by atoms with Gasteiger partial charge in [0.15, 0.2) is 5.96 Å². The largest absolute Gasteiger partial charge is 0.383 e. The van der Waals surface area contributed by atoms with Crippen molar-refractivity contribution in [1.29, 1.82) is 0 Å². The molecule has 1 aromatic rings. The first-order chi connectivity index (χ1) is 12.5. The quantitative estimate of drug-likeness (QED) is 0.241. The molecule has 10 heteroatoms. The van der Waals surface area contributed by atoms with Crippen LogP contribution in [0, 0.1) is 0 Å². The lowest BCUT2D eigenvalue weighted by atomic mass is 10.2. The number of methoxy groups -OCH3 is 1. The first-order valence-corrected chi connectivity index (χ1v) is 10.1. The highest BCUT2D eigenvalue weighted by atomic mass is 127. The maximum absolute atomic E-state index is 13.1. The number of ether oxygens (including phenoxy) is 1. The zero-order chi connectivity index (χ0) is 19.0.